The molecule has 0 saturated heterocycles. The molecule has 0 aliphatic heterocycles. The topological polar surface area (TPSA) is 120 Å². The normalized spacial score (nSPS) is 10.8. The first-order valence-electron chi connectivity index (χ1n) is 8.89. The quantitative estimate of drug-likeness (QED) is 0.390. The fraction of sp³-hybridized carbons (Fsp3) is 0.100. The Bertz CT molecular complexity index is 1330. The molecule has 30 heavy (non-hydrogen) atoms. The number of nitrogens with one attached hydrogen (secondary N) is 1. The molecule has 0 aliphatic carbocycles. The molecule has 2 aromatic heterocycles. The molecule has 4 rings (SSSR count). The van der Waals surface area contributed by atoms with E-state index in [0.717, 1.165) is 20.5 Å². The summed E-state index contributed by atoms with van der Waals surface area (Å²) >= 11 is 1.35. The Hall–Kier alpha value is -3.92. The number of non-ortho nitro benzene ring substituents is 1. The van der Waals surface area contributed by atoms with Gasteiger partial charge in [-0.2, -0.15) is 5.10 Å². The Balaban J connectivity index is 1.53. The summed E-state index contributed by atoms with van der Waals surface area (Å²) in [4.78, 5) is 39.2. The minimum atomic E-state index is -0.494. The Kier molecular flexibility index (Phi) is 5.07. The third kappa shape index (κ3) is 4.08. The number of anilines is 1. The largest absolute Gasteiger partial charge is 0.300 e. The summed E-state index contributed by atoms with van der Waals surface area (Å²) in [6.45, 7) is 1.70. The van der Waals surface area contributed by atoms with Gasteiger partial charge in [0.1, 0.15) is 6.54 Å². The Morgan fingerprint density at radius 1 is 1.17 bits per heavy atom. The van der Waals surface area contributed by atoms with Crippen molar-refractivity contribution >= 4 is 38.3 Å². The lowest BCUT2D eigenvalue weighted by atomic mass is 10.1. The fourth-order valence-electron chi connectivity index (χ4n) is 2.85. The number of amides is 1. The first kappa shape index (κ1) is 19.4. The summed E-state index contributed by atoms with van der Waals surface area (Å²) in [5.74, 6) is -0.429. The number of thiazole rings is 1. The molecule has 0 spiro atoms. The van der Waals surface area contributed by atoms with Crippen LogP contribution >= 0.6 is 11.3 Å². The van der Waals surface area contributed by atoms with E-state index in [1.165, 1.54) is 35.6 Å². The standard InChI is InChI=1S/C20H15N5O4S/c1-12-2-7-16-17(10-12)30-20(21-16)22-18(26)11-24-19(27)9-8-15(23-24)13-3-5-14(6-4-13)25(28)29/h2-10H,11H2,1H3,(H,21,22,26). The number of fused-ring (bicyclic) bond motifs is 1. The van der Waals surface area contributed by atoms with E-state index in [2.05, 4.69) is 15.4 Å². The molecule has 0 radical (unpaired) electrons. The number of aromatic nitrogens is 3. The second kappa shape index (κ2) is 7.84. The average Bonchev–Trinajstić information content (AvgIpc) is 3.10. The van der Waals surface area contributed by atoms with E-state index in [0.29, 0.717) is 16.4 Å². The number of nitro groups is 1. The van der Waals surface area contributed by atoms with Gasteiger partial charge in [0.05, 0.1) is 20.8 Å². The second-order valence-electron chi connectivity index (χ2n) is 6.56. The van der Waals surface area contributed by atoms with E-state index in [1.807, 2.05) is 25.1 Å². The number of rotatable bonds is 5. The lowest BCUT2D eigenvalue weighted by molar-refractivity contribution is -0.384. The second-order valence-corrected chi connectivity index (χ2v) is 7.59. The number of hydrogen-bond acceptors (Lipinski definition) is 7. The Morgan fingerprint density at radius 3 is 2.67 bits per heavy atom. The molecule has 4 aromatic rings. The maximum Gasteiger partial charge on any atom is 0.269 e. The van der Waals surface area contributed by atoms with Crippen molar-refractivity contribution in [1.29, 1.82) is 0 Å². The summed E-state index contributed by atoms with van der Waals surface area (Å²) in [5.41, 5.74) is 2.43. The summed E-state index contributed by atoms with van der Waals surface area (Å²) in [5, 5.41) is 18.1. The van der Waals surface area contributed by atoms with E-state index in [9.17, 15) is 19.7 Å². The van der Waals surface area contributed by atoms with Gasteiger partial charge in [-0.1, -0.05) is 17.4 Å². The van der Waals surface area contributed by atoms with Crippen LogP contribution in [0.5, 0.6) is 0 Å². The molecule has 0 bridgehead atoms. The molecule has 1 amide bonds. The third-order valence-corrected chi connectivity index (χ3v) is 5.26. The molecule has 0 saturated carbocycles. The third-order valence-electron chi connectivity index (χ3n) is 4.32. The van der Waals surface area contributed by atoms with Crippen LogP contribution in [0.3, 0.4) is 0 Å². The number of nitrogens with zero attached hydrogens (tertiary/aromatic N) is 4. The highest BCUT2D eigenvalue weighted by atomic mass is 32.1. The monoisotopic (exact) mass is 421 g/mol. The van der Waals surface area contributed by atoms with E-state index in [4.69, 9.17) is 0 Å². The maximum atomic E-state index is 12.4. The zero-order valence-corrected chi connectivity index (χ0v) is 16.5. The molecular formula is C20H15N5O4S. The van der Waals surface area contributed by atoms with Crippen LogP contribution in [-0.2, 0) is 11.3 Å². The van der Waals surface area contributed by atoms with Gasteiger partial charge in [-0.05, 0) is 42.8 Å². The minimum Gasteiger partial charge on any atom is -0.300 e. The molecule has 0 aliphatic rings. The van der Waals surface area contributed by atoms with Gasteiger partial charge >= 0.3 is 0 Å². The minimum absolute atomic E-state index is 0.0440. The van der Waals surface area contributed by atoms with Gasteiger partial charge in [0.25, 0.3) is 11.2 Å². The van der Waals surface area contributed by atoms with Crippen LogP contribution < -0.4 is 10.9 Å². The Morgan fingerprint density at radius 2 is 1.93 bits per heavy atom. The van der Waals surface area contributed by atoms with Crippen molar-refractivity contribution < 1.29 is 9.72 Å². The smallest absolute Gasteiger partial charge is 0.269 e. The van der Waals surface area contributed by atoms with Crippen molar-refractivity contribution in [1.82, 2.24) is 14.8 Å². The van der Waals surface area contributed by atoms with Gasteiger partial charge in [0.2, 0.25) is 5.91 Å². The molecule has 2 heterocycles. The first-order chi connectivity index (χ1) is 14.4. The van der Waals surface area contributed by atoms with Crippen molar-refractivity contribution in [2.75, 3.05) is 5.32 Å². The summed E-state index contributed by atoms with van der Waals surface area (Å²) in [7, 11) is 0. The first-order valence-corrected chi connectivity index (χ1v) is 9.71. The zero-order valence-electron chi connectivity index (χ0n) is 15.7. The van der Waals surface area contributed by atoms with Crippen molar-refractivity contribution in [2.24, 2.45) is 0 Å². The molecule has 0 fully saturated rings. The molecular weight excluding hydrogens is 406 g/mol. The molecule has 150 valence electrons. The van der Waals surface area contributed by atoms with Crippen LogP contribution in [-0.4, -0.2) is 25.6 Å². The van der Waals surface area contributed by atoms with Crippen molar-refractivity contribution in [2.45, 2.75) is 13.5 Å². The predicted octanol–water partition coefficient (Wildman–Crippen LogP) is 3.38. The predicted molar refractivity (Wildman–Crippen MR) is 114 cm³/mol. The molecule has 0 atom stereocenters. The molecule has 10 heteroatoms. The number of nitro benzene ring substituents is 1. The highest BCUT2D eigenvalue weighted by molar-refractivity contribution is 7.22. The summed E-state index contributed by atoms with van der Waals surface area (Å²) in [6, 6.07) is 14.4. The van der Waals surface area contributed by atoms with Crippen molar-refractivity contribution in [3.8, 4) is 11.3 Å². The lowest BCUT2D eigenvalue weighted by Crippen LogP contribution is -2.29. The molecule has 0 unspecified atom stereocenters. The molecule has 9 nitrogen and oxygen atoms in total. The van der Waals surface area contributed by atoms with E-state index in [1.54, 1.807) is 12.1 Å². The average molecular weight is 421 g/mol. The van der Waals surface area contributed by atoms with Gasteiger partial charge in [-0.3, -0.25) is 19.7 Å². The van der Waals surface area contributed by atoms with Gasteiger partial charge in [0, 0.05) is 23.8 Å². The van der Waals surface area contributed by atoms with Gasteiger partial charge in [-0.25, -0.2) is 9.67 Å². The highest BCUT2D eigenvalue weighted by Gasteiger charge is 2.12. The van der Waals surface area contributed by atoms with Crippen molar-refractivity contribution in [3.05, 3.63) is 80.6 Å². The van der Waals surface area contributed by atoms with E-state index >= 15 is 0 Å². The van der Waals surface area contributed by atoms with Crippen LogP contribution in [0.4, 0.5) is 10.8 Å². The number of carbonyl (C=O) groups excluding carboxylic acids is 1. The van der Waals surface area contributed by atoms with Gasteiger partial charge in [-0.15, -0.1) is 0 Å². The van der Waals surface area contributed by atoms with E-state index < -0.39 is 16.4 Å². The van der Waals surface area contributed by atoms with Crippen LogP contribution in [0.2, 0.25) is 0 Å². The number of hydrogen-bond donors (Lipinski definition) is 1. The van der Waals surface area contributed by atoms with Gasteiger partial charge < -0.3 is 5.32 Å². The van der Waals surface area contributed by atoms with Crippen molar-refractivity contribution in [3.63, 3.8) is 0 Å². The Labute approximate surface area is 173 Å². The summed E-state index contributed by atoms with van der Waals surface area (Å²) in [6.07, 6.45) is 0. The van der Waals surface area contributed by atoms with Crippen LogP contribution in [0.25, 0.3) is 21.5 Å². The summed E-state index contributed by atoms with van der Waals surface area (Å²) < 4.78 is 2.00. The molecule has 2 aromatic carbocycles. The van der Waals surface area contributed by atoms with E-state index in [-0.39, 0.29) is 12.2 Å². The zero-order chi connectivity index (χ0) is 21.3. The number of benzene rings is 2. The maximum absolute atomic E-state index is 12.4. The SMILES string of the molecule is Cc1ccc2nc(NC(=O)Cn3nc(-c4ccc([N+](=O)[O-])cc4)ccc3=O)sc2c1. The van der Waals surface area contributed by atoms with Crippen LogP contribution in [0.1, 0.15) is 5.56 Å². The number of carbonyl (C=O) groups is 1. The number of aryl methyl sites for hydroxylation is 1. The lowest BCUT2D eigenvalue weighted by Gasteiger charge is -2.07. The van der Waals surface area contributed by atoms with Crippen LogP contribution in [0.15, 0.2) is 59.4 Å². The molecule has 1 N–H and O–H groups in total. The van der Waals surface area contributed by atoms with Crippen LogP contribution in [0, 0.1) is 17.0 Å². The van der Waals surface area contributed by atoms with Gasteiger partial charge in [0.15, 0.2) is 5.13 Å². The fourth-order valence-corrected chi connectivity index (χ4v) is 3.83. The highest BCUT2D eigenvalue weighted by Crippen LogP contribution is 2.26.